The number of rotatable bonds is 6. The molecule has 3 heterocycles. The summed E-state index contributed by atoms with van der Waals surface area (Å²) in [7, 11) is 1.62. The Labute approximate surface area is 209 Å². The van der Waals surface area contributed by atoms with Gasteiger partial charge in [-0.1, -0.05) is 42.5 Å². The third-order valence-electron chi connectivity index (χ3n) is 6.43. The van der Waals surface area contributed by atoms with Crippen molar-refractivity contribution in [2.75, 3.05) is 26.8 Å². The van der Waals surface area contributed by atoms with E-state index in [2.05, 4.69) is 0 Å². The monoisotopic (exact) mass is 484 g/mol. The molecule has 0 unspecified atom stereocenters. The Hall–Kier alpha value is -4.20. The molecule has 1 amide bonds. The average molecular weight is 485 g/mol. The number of fused-ring (bicyclic) bond motifs is 1. The summed E-state index contributed by atoms with van der Waals surface area (Å²) in [5, 5.41) is 4.82. The molecule has 0 bridgehead atoms. The maximum absolute atomic E-state index is 13.6. The van der Waals surface area contributed by atoms with E-state index in [9.17, 15) is 9.59 Å². The van der Waals surface area contributed by atoms with Crippen molar-refractivity contribution in [2.45, 2.75) is 19.8 Å². The van der Waals surface area contributed by atoms with Crippen LogP contribution in [0.2, 0.25) is 0 Å². The minimum atomic E-state index is -0.320. The Morgan fingerprint density at radius 1 is 1.06 bits per heavy atom. The second-order valence-electron chi connectivity index (χ2n) is 8.73. The molecule has 1 fully saturated rings. The number of hydrogen-bond donors (Lipinski definition) is 0. The largest absolute Gasteiger partial charge is 0.496 e. The Balaban J connectivity index is 1.59. The van der Waals surface area contributed by atoms with Crippen molar-refractivity contribution in [2.24, 2.45) is 5.92 Å². The van der Waals surface area contributed by atoms with E-state index in [-0.39, 0.29) is 17.8 Å². The van der Waals surface area contributed by atoms with Crippen molar-refractivity contribution in [3.63, 3.8) is 0 Å². The zero-order valence-corrected chi connectivity index (χ0v) is 20.4. The number of para-hydroxylation sites is 1. The molecule has 1 atom stereocenters. The van der Waals surface area contributed by atoms with Crippen molar-refractivity contribution >= 4 is 17.5 Å². The standard InChI is InChI=1S/C28H28N4O4/c1-3-36-28(34)20-12-9-15-31(18-20)27(33)23-16-24(21-13-7-8-14-25(21)35-2)32-26(29-23)17-22(30-32)19-10-5-4-6-11-19/h4-8,10-11,13-14,16-17,20H,3,9,12,15,18H2,1-2H3/t20-/m1/s1. The molecule has 2 aromatic carbocycles. The van der Waals surface area contributed by atoms with Gasteiger partial charge in [-0.15, -0.1) is 0 Å². The predicted molar refractivity (Wildman–Crippen MR) is 136 cm³/mol. The molecule has 8 heteroatoms. The van der Waals surface area contributed by atoms with Gasteiger partial charge < -0.3 is 14.4 Å². The smallest absolute Gasteiger partial charge is 0.310 e. The molecular formula is C28H28N4O4. The van der Waals surface area contributed by atoms with E-state index >= 15 is 0 Å². The minimum Gasteiger partial charge on any atom is -0.496 e. The molecule has 0 N–H and O–H groups in total. The van der Waals surface area contributed by atoms with E-state index in [0.717, 1.165) is 23.2 Å². The number of nitrogens with zero attached hydrogens (tertiary/aromatic N) is 4. The van der Waals surface area contributed by atoms with Crippen LogP contribution in [-0.4, -0.2) is 58.2 Å². The number of likely N-dealkylation sites (tertiary alicyclic amines) is 1. The number of benzene rings is 2. The molecule has 184 valence electrons. The molecule has 5 rings (SSSR count). The summed E-state index contributed by atoms with van der Waals surface area (Å²) in [4.78, 5) is 32.4. The Morgan fingerprint density at radius 2 is 1.83 bits per heavy atom. The number of methoxy groups -OCH3 is 1. The first kappa shape index (κ1) is 23.5. The van der Waals surface area contributed by atoms with Crippen molar-refractivity contribution in [1.29, 1.82) is 0 Å². The minimum absolute atomic E-state index is 0.217. The van der Waals surface area contributed by atoms with Gasteiger partial charge in [-0.05, 0) is 38.0 Å². The van der Waals surface area contributed by atoms with Crippen molar-refractivity contribution in [3.8, 4) is 28.3 Å². The Bertz CT molecular complexity index is 1400. The highest BCUT2D eigenvalue weighted by atomic mass is 16.5. The number of aromatic nitrogens is 3. The SMILES string of the molecule is CCOC(=O)[C@@H]1CCCN(C(=O)c2cc(-c3ccccc3OC)n3nc(-c4ccccc4)cc3n2)C1. The first-order valence-electron chi connectivity index (χ1n) is 12.1. The lowest BCUT2D eigenvalue weighted by Gasteiger charge is -2.31. The van der Waals surface area contributed by atoms with Gasteiger partial charge in [-0.2, -0.15) is 5.10 Å². The van der Waals surface area contributed by atoms with E-state index in [0.29, 0.717) is 48.9 Å². The van der Waals surface area contributed by atoms with Gasteiger partial charge in [0, 0.05) is 30.3 Å². The number of carbonyl (C=O) groups excluding carboxylic acids is 2. The number of piperidine rings is 1. The number of carbonyl (C=O) groups is 2. The summed E-state index contributed by atoms with van der Waals surface area (Å²) in [6.07, 6.45) is 1.45. The van der Waals surface area contributed by atoms with E-state index in [1.165, 1.54) is 0 Å². The fraction of sp³-hybridized carbons (Fsp3) is 0.286. The normalized spacial score (nSPS) is 15.6. The second-order valence-corrected chi connectivity index (χ2v) is 8.73. The highest BCUT2D eigenvalue weighted by Crippen LogP contribution is 2.32. The van der Waals surface area contributed by atoms with Crippen LogP contribution >= 0.6 is 0 Å². The molecule has 1 saturated heterocycles. The van der Waals surface area contributed by atoms with Crippen molar-refractivity contribution < 1.29 is 19.1 Å². The van der Waals surface area contributed by atoms with Gasteiger partial charge in [-0.3, -0.25) is 9.59 Å². The molecule has 8 nitrogen and oxygen atoms in total. The molecule has 1 aliphatic rings. The summed E-state index contributed by atoms with van der Waals surface area (Å²) < 4.78 is 12.6. The van der Waals surface area contributed by atoms with E-state index in [1.807, 2.05) is 60.7 Å². The molecule has 4 aromatic rings. The Kier molecular flexibility index (Phi) is 6.66. The first-order chi connectivity index (χ1) is 17.6. The first-order valence-corrected chi connectivity index (χ1v) is 12.1. The summed E-state index contributed by atoms with van der Waals surface area (Å²) in [5.41, 5.74) is 4.06. The lowest BCUT2D eigenvalue weighted by Crippen LogP contribution is -2.43. The lowest BCUT2D eigenvalue weighted by atomic mass is 9.98. The lowest BCUT2D eigenvalue weighted by molar-refractivity contribution is -0.149. The molecule has 0 saturated carbocycles. The highest BCUT2D eigenvalue weighted by molar-refractivity contribution is 5.94. The van der Waals surface area contributed by atoms with Crippen LogP contribution in [0.5, 0.6) is 5.75 Å². The summed E-state index contributed by atoms with van der Waals surface area (Å²) in [5.74, 6) is -0.123. The van der Waals surface area contributed by atoms with Gasteiger partial charge in [0.2, 0.25) is 0 Å². The number of esters is 1. The van der Waals surface area contributed by atoms with Gasteiger partial charge in [0.05, 0.1) is 31.0 Å². The molecule has 0 radical (unpaired) electrons. The third-order valence-corrected chi connectivity index (χ3v) is 6.43. The fourth-order valence-electron chi connectivity index (χ4n) is 4.66. The summed E-state index contributed by atoms with van der Waals surface area (Å²) in [6, 6.07) is 21.1. The predicted octanol–water partition coefficient (Wildman–Crippen LogP) is 4.49. The molecular weight excluding hydrogens is 456 g/mol. The van der Waals surface area contributed by atoms with Crippen LogP contribution in [0.1, 0.15) is 30.3 Å². The van der Waals surface area contributed by atoms with E-state index in [1.54, 1.807) is 29.5 Å². The average Bonchev–Trinajstić information content (AvgIpc) is 3.37. The fourth-order valence-corrected chi connectivity index (χ4v) is 4.66. The van der Waals surface area contributed by atoms with Gasteiger partial charge in [0.25, 0.3) is 5.91 Å². The quantitative estimate of drug-likeness (QED) is 0.375. The zero-order valence-electron chi connectivity index (χ0n) is 20.4. The molecule has 1 aliphatic heterocycles. The van der Waals surface area contributed by atoms with Crippen molar-refractivity contribution in [3.05, 3.63) is 72.4 Å². The number of amides is 1. The van der Waals surface area contributed by atoms with E-state index < -0.39 is 0 Å². The zero-order chi connectivity index (χ0) is 25.1. The molecule has 36 heavy (non-hydrogen) atoms. The summed E-state index contributed by atoms with van der Waals surface area (Å²) >= 11 is 0. The maximum atomic E-state index is 13.6. The van der Waals surface area contributed by atoms with Gasteiger partial charge in [0.15, 0.2) is 5.65 Å². The number of hydrogen-bond acceptors (Lipinski definition) is 6. The van der Waals surface area contributed by atoms with Crippen LogP contribution in [0.3, 0.4) is 0 Å². The second kappa shape index (κ2) is 10.2. The molecule has 0 spiro atoms. The third kappa shape index (κ3) is 4.54. The molecule has 0 aliphatic carbocycles. The molecule has 2 aromatic heterocycles. The van der Waals surface area contributed by atoms with Gasteiger partial charge in [-0.25, -0.2) is 9.50 Å². The van der Waals surface area contributed by atoms with Crippen LogP contribution in [0.15, 0.2) is 66.7 Å². The maximum Gasteiger partial charge on any atom is 0.310 e. The van der Waals surface area contributed by atoms with Gasteiger partial charge in [0.1, 0.15) is 11.4 Å². The van der Waals surface area contributed by atoms with Crippen LogP contribution in [-0.2, 0) is 9.53 Å². The van der Waals surface area contributed by atoms with Crippen LogP contribution in [0.4, 0.5) is 0 Å². The number of ether oxygens (including phenoxy) is 2. The Morgan fingerprint density at radius 3 is 2.61 bits per heavy atom. The highest BCUT2D eigenvalue weighted by Gasteiger charge is 2.31. The summed E-state index contributed by atoms with van der Waals surface area (Å²) in [6.45, 7) is 3.01. The van der Waals surface area contributed by atoms with Crippen LogP contribution in [0, 0.1) is 5.92 Å². The van der Waals surface area contributed by atoms with Crippen LogP contribution in [0.25, 0.3) is 28.2 Å². The van der Waals surface area contributed by atoms with Crippen molar-refractivity contribution in [1.82, 2.24) is 19.5 Å². The van der Waals surface area contributed by atoms with E-state index in [4.69, 9.17) is 19.6 Å². The van der Waals surface area contributed by atoms with Gasteiger partial charge >= 0.3 is 5.97 Å². The topological polar surface area (TPSA) is 86.0 Å². The van der Waals surface area contributed by atoms with Crippen LogP contribution < -0.4 is 4.74 Å².